The molecule has 3 nitrogen and oxygen atoms in total. The molecule has 1 rings (SSSR count). The fraction of sp³-hybridized carbons (Fsp3) is 0.375. The lowest BCUT2D eigenvalue weighted by atomic mass is 10.1. The largest absolute Gasteiger partial charge is 0.398 e. The molecular weight excluding hydrogens is 214 g/mol. The minimum Gasteiger partial charge on any atom is -0.398 e. The van der Waals surface area contributed by atoms with E-state index in [1.807, 2.05) is 0 Å². The van der Waals surface area contributed by atoms with Crippen LogP contribution in [0.25, 0.3) is 0 Å². The third-order valence-electron chi connectivity index (χ3n) is 1.85. The Labute approximate surface area is 84.5 Å². The molecule has 0 saturated carbocycles. The third kappa shape index (κ3) is 1.93. The highest BCUT2D eigenvalue weighted by atomic mass is 35.5. The molecule has 0 amide bonds. The first-order valence-corrected chi connectivity index (χ1v) is 4.36. The van der Waals surface area contributed by atoms with Gasteiger partial charge in [0.2, 0.25) is 0 Å². The normalized spacial score (nSPS) is 10.9. The molecule has 0 aliphatic heterocycles. The lowest BCUT2D eigenvalue weighted by Gasteiger charge is -2.11. The Bertz CT molecular complexity index is 333. The molecule has 14 heavy (non-hydrogen) atoms. The zero-order chi connectivity index (χ0) is 10.7. The average Bonchev–Trinajstić information content (AvgIpc) is 2.17. The van der Waals surface area contributed by atoms with Crippen LogP contribution in [-0.2, 0) is 12.5 Å². The molecule has 1 heterocycles. The molecule has 6 heteroatoms. The number of aliphatic hydroxyl groups is 1. The second kappa shape index (κ2) is 4.52. The number of anilines is 1. The average molecular weight is 223 g/mol. The molecule has 0 radical (unpaired) electrons. The van der Waals surface area contributed by atoms with Crippen molar-refractivity contribution in [1.82, 2.24) is 4.98 Å². The summed E-state index contributed by atoms with van der Waals surface area (Å²) < 4.78 is 24.8. The van der Waals surface area contributed by atoms with E-state index in [0.29, 0.717) is 5.56 Å². The monoisotopic (exact) mass is 222 g/mol. The van der Waals surface area contributed by atoms with E-state index >= 15 is 0 Å². The molecule has 78 valence electrons. The lowest BCUT2D eigenvalue weighted by molar-refractivity contribution is 0.145. The van der Waals surface area contributed by atoms with E-state index in [0.717, 1.165) is 6.20 Å². The Kier molecular flexibility index (Phi) is 3.60. The number of aromatic nitrogens is 1. The maximum absolute atomic E-state index is 12.4. The molecule has 0 atom stereocenters. The van der Waals surface area contributed by atoms with Crippen LogP contribution >= 0.6 is 11.6 Å². The van der Waals surface area contributed by atoms with E-state index in [2.05, 4.69) is 4.98 Å². The van der Waals surface area contributed by atoms with Crippen molar-refractivity contribution < 1.29 is 13.9 Å². The SMILES string of the molecule is Nc1c(CO)cnc(C(F)F)c1CCl. The summed E-state index contributed by atoms with van der Waals surface area (Å²) in [5.74, 6) is -0.146. The summed E-state index contributed by atoms with van der Waals surface area (Å²) in [5, 5.41) is 8.82. The van der Waals surface area contributed by atoms with Crippen LogP contribution in [0.4, 0.5) is 14.5 Å². The van der Waals surface area contributed by atoms with Gasteiger partial charge in [0.25, 0.3) is 6.43 Å². The smallest absolute Gasteiger partial charge is 0.280 e. The van der Waals surface area contributed by atoms with Gasteiger partial charge in [0.1, 0.15) is 5.69 Å². The van der Waals surface area contributed by atoms with Gasteiger partial charge in [0.05, 0.1) is 12.5 Å². The zero-order valence-corrected chi connectivity index (χ0v) is 7.93. The molecule has 1 aromatic heterocycles. The lowest BCUT2D eigenvalue weighted by Crippen LogP contribution is -2.06. The van der Waals surface area contributed by atoms with E-state index in [9.17, 15) is 8.78 Å². The van der Waals surface area contributed by atoms with E-state index in [4.69, 9.17) is 22.4 Å². The van der Waals surface area contributed by atoms with Crippen molar-refractivity contribution in [1.29, 1.82) is 0 Å². The van der Waals surface area contributed by atoms with Crippen LogP contribution in [0.1, 0.15) is 23.2 Å². The summed E-state index contributed by atoms with van der Waals surface area (Å²) in [6.07, 6.45) is -1.58. The molecule has 1 aromatic rings. The zero-order valence-electron chi connectivity index (χ0n) is 7.17. The van der Waals surface area contributed by atoms with Gasteiger partial charge in [-0.1, -0.05) is 0 Å². The first kappa shape index (κ1) is 11.1. The van der Waals surface area contributed by atoms with Gasteiger partial charge in [-0.15, -0.1) is 11.6 Å². The van der Waals surface area contributed by atoms with Crippen LogP contribution in [-0.4, -0.2) is 10.1 Å². The number of hydrogen-bond acceptors (Lipinski definition) is 3. The number of rotatable bonds is 3. The van der Waals surface area contributed by atoms with Gasteiger partial charge >= 0.3 is 0 Å². The summed E-state index contributed by atoms with van der Waals surface area (Å²) in [6, 6.07) is 0. The first-order chi connectivity index (χ1) is 6.61. The van der Waals surface area contributed by atoms with Gasteiger partial charge in [-0.3, -0.25) is 4.98 Å². The minimum absolute atomic E-state index is 0.0906. The number of nitrogens with two attached hydrogens (primary N) is 1. The predicted octanol–water partition coefficient (Wildman–Crippen LogP) is 1.83. The van der Waals surface area contributed by atoms with Gasteiger partial charge in [0.15, 0.2) is 0 Å². The van der Waals surface area contributed by atoms with Crippen molar-refractivity contribution in [2.24, 2.45) is 0 Å². The number of aliphatic hydroxyl groups excluding tert-OH is 1. The number of hydrogen-bond donors (Lipinski definition) is 2. The maximum Gasteiger partial charge on any atom is 0.280 e. The van der Waals surface area contributed by atoms with Crippen LogP contribution in [0.2, 0.25) is 0 Å². The maximum atomic E-state index is 12.4. The molecule has 3 N–H and O–H groups in total. The summed E-state index contributed by atoms with van der Waals surface area (Å²) in [7, 11) is 0. The number of halogens is 3. The molecule has 0 saturated heterocycles. The second-order valence-corrected chi connectivity index (χ2v) is 2.92. The van der Waals surface area contributed by atoms with Crippen LogP contribution in [0.5, 0.6) is 0 Å². The van der Waals surface area contributed by atoms with Gasteiger partial charge < -0.3 is 10.8 Å². The second-order valence-electron chi connectivity index (χ2n) is 2.65. The molecule has 0 aliphatic carbocycles. The molecule has 0 aromatic carbocycles. The number of nitrogens with zero attached hydrogens (tertiary/aromatic N) is 1. The summed E-state index contributed by atoms with van der Waals surface area (Å²) >= 11 is 5.48. The fourth-order valence-electron chi connectivity index (χ4n) is 1.08. The van der Waals surface area contributed by atoms with Crippen molar-refractivity contribution in [3.63, 3.8) is 0 Å². The Balaban J connectivity index is 3.28. The number of alkyl halides is 3. The van der Waals surface area contributed by atoms with Gasteiger partial charge in [-0.05, 0) is 0 Å². The van der Waals surface area contributed by atoms with Crippen LogP contribution in [0.15, 0.2) is 6.20 Å². The minimum atomic E-state index is -2.71. The number of nitrogen functional groups attached to an aromatic ring is 1. The van der Waals surface area contributed by atoms with Crippen LogP contribution < -0.4 is 5.73 Å². The molecule has 0 bridgehead atoms. The van der Waals surface area contributed by atoms with Crippen molar-refractivity contribution in [2.75, 3.05) is 5.73 Å². The Morgan fingerprint density at radius 3 is 2.64 bits per heavy atom. The Morgan fingerprint density at radius 2 is 2.21 bits per heavy atom. The van der Waals surface area contributed by atoms with Crippen molar-refractivity contribution in [3.05, 3.63) is 23.0 Å². The topological polar surface area (TPSA) is 59.1 Å². The highest BCUT2D eigenvalue weighted by molar-refractivity contribution is 6.17. The third-order valence-corrected chi connectivity index (χ3v) is 2.12. The van der Waals surface area contributed by atoms with Crippen LogP contribution in [0, 0.1) is 0 Å². The van der Waals surface area contributed by atoms with E-state index in [1.165, 1.54) is 0 Å². The van der Waals surface area contributed by atoms with Gasteiger partial charge in [-0.2, -0.15) is 0 Å². The van der Waals surface area contributed by atoms with Crippen molar-refractivity contribution >= 4 is 17.3 Å². The molecule has 0 spiro atoms. The number of pyridine rings is 1. The Morgan fingerprint density at radius 1 is 1.57 bits per heavy atom. The van der Waals surface area contributed by atoms with E-state index in [1.54, 1.807) is 0 Å². The quantitative estimate of drug-likeness (QED) is 0.768. The standard InChI is InChI=1S/C8H9ClF2N2O/c9-1-5-6(12)4(3-14)2-13-7(5)8(10)11/h2,8,14H,1,3H2,(H2,12,13). The summed E-state index contributed by atoms with van der Waals surface area (Å²) in [6.45, 7) is -0.341. The summed E-state index contributed by atoms with van der Waals surface area (Å²) in [4.78, 5) is 3.51. The highest BCUT2D eigenvalue weighted by Gasteiger charge is 2.18. The summed E-state index contributed by atoms with van der Waals surface area (Å²) in [5.41, 5.74) is 5.60. The van der Waals surface area contributed by atoms with E-state index in [-0.39, 0.29) is 23.7 Å². The molecule has 0 unspecified atom stereocenters. The molecule has 0 fully saturated rings. The fourth-order valence-corrected chi connectivity index (χ4v) is 1.36. The first-order valence-electron chi connectivity index (χ1n) is 3.82. The van der Waals surface area contributed by atoms with Crippen molar-refractivity contribution in [3.8, 4) is 0 Å². The van der Waals surface area contributed by atoms with Gasteiger partial charge in [0, 0.05) is 23.0 Å². The molecule has 0 aliphatic rings. The highest BCUT2D eigenvalue weighted by Crippen LogP contribution is 2.28. The molecular formula is C8H9ClF2N2O. The van der Waals surface area contributed by atoms with Gasteiger partial charge in [-0.25, -0.2) is 8.78 Å². The van der Waals surface area contributed by atoms with Crippen LogP contribution in [0.3, 0.4) is 0 Å². The van der Waals surface area contributed by atoms with E-state index < -0.39 is 12.1 Å². The van der Waals surface area contributed by atoms with Crippen molar-refractivity contribution in [2.45, 2.75) is 18.9 Å². The predicted molar refractivity (Wildman–Crippen MR) is 49.1 cm³/mol. The Hall–Kier alpha value is -0.940.